The molecule has 0 aliphatic carbocycles. The summed E-state index contributed by atoms with van der Waals surface area (Å²) >= 11 is 0. The van der Waals surface area contributed by atoms with E-state index in [1.54, 1.807) is 0 Å². The quantitative estimate of drug-likeness (QED) is 0.0658. The van der Waals surface area contributed by atoms with Gasteiger partial charge >= 0.3 is 12.0 Å². The van der Waals surface area contributed by atoms with Crippen molar-refractivity contribution in [1.29, 1.82) is 0 Å². The van der Waals surface area contributed by atoms with E-state index in [-0.39, 0.29) is 6.61 Å². The molecule has 0 aromatic heterocycles. The maximum absolute atomic E-state index is 11.7. The van der Waals surface area contributed by atoms with Gasteiger partial charge in [0.25, 0.3) is 0 Å². The number of ketones is 1. The number of Topliss-reactive ketones (excluding diaryl/α,β-unsaturated/α-hetero) is 1. The maximum Gasteiger partial charge on any atom is 0.398 e. The lowest BCUT2D eigenvalue weighted by Gasteiger charge is -2.08. The Kier molecular flexibility index (Phi) is 19.3. The molecule has 0 radical (unpaired) electrons. The highest BCUT2D eigenvalue weighted by atomic mass is 16.5. The number of esters is 1. The summed E-state index contributed by atoms with van der Waals surface area (Å²) in [6.45, 7) is 11.3. The van der Waals surface area contributed by atoms with Crippen LogP contribution in [0.25, 0.3) is 4.85 Å². The van der Waals surface area contributed by atoms with Crippen molar-refractivity contribution in [3.8, 4) is 5.75 Å². The Bertz CT molecular complexity index is 738. The Morgan fingerprint density at radius 2 is 1.22 bits per heavy atom. The summed E-state index contributed by atoms with van der Waals surface area (Å²) in [5, 5.41) is 0. The van der Waals surface area contributed by atoms with Crippen molar-refractivity contribution in [3.63, 3.8) is 0 Å². The van der Waals surface area contributed by atoms with Gasteiger partial charge in [0.2, 0.25) is 5.78 Å². The summed E-state index contributed by atoms with van der Waals surface area (Å²) in [6, 6.07) is 6.43. The molecule has 36 heavy (non-hydrogen) atoms. The molecule has 202 valence electrons. The van der Waals surface area contributed by atoms with Crippen LogP contribution in [0.3, 0.4) is 0 Å². The second-order valence-corrected chi connectivity index (χ2v) is 9.86. The Morgan fingerprint density at radius 1 is 0.750 bits per heavy atom. The first kappa shape index (κ1) is 31.7. The zero-order valence-corrected chi connectivity index (χ0v) is 22.9. The minimum atomic E-state index is -1.34. The Labute approximate surface area is 220 Å². The van der Waals surface area contributed by atoms with E-state index in [0.29, 0.717) is 6.42 Å². The smallest absolute Gasteiger partial charge is 0.398 e. The van der Waals surface area contributed by atoms with Crippen LogP contribution in [0.1, 0.15) is 122 Å². The Morgan fingerprint density at radius 3 is 1.67 bits per heavy atom. The van der Waals surface area contributed by atoms with Crippen LogP contribution in [0.4, 0.5) is 0 Å². The van der Waals surface area contributed by atoms with Crippen molar-refractivity contribution in [1.82, 2.24) is 0 Å². The summed E-state index contributed by atoms with van der Waals surface area (Å²) in [7, 11) is 0. The normalized spacial score (nSPS) is 11.6. The van der Waals surface area contributed by atoms with Gasteiger partial charge in [-0.15, -0.1) is 0 Å². The summed E-state index contributed by atoms with van der Waals surface area (Å²) in [5.74, 6) is -0.404. The molecule has 5 nitrogen and oxygen atoms in total. The molecule has 0 fully saturated rings. The molecule has 0 amide bonds. The minimum Gasteiger partial charge on any atom is -0.494 e. The SMILES string of the molecule is [C-]#[N+]C(C(C)=O)C(=O)OCCc1ccc(OCCCCCCCCCCCCCCCCCC)cc1. The van der Waals surface area contributed by atoms with Crippen molar-refractivity contribution in [2.75, 3.05) is 13.2 Å². The van der Waals surface area contributed by atoms with Crippen molar-refractivity contribution in [2.45, 2.75) is 129 Å². The third kappa shape index (κ3) is 16.3. The van der Waals surface area contributed by atoms with Crippen LogP contribution in [0.15, 0.2) is 24.3 Å². The number of hydrogen-bond donors (Lipinski definition) is 0. The number of hydrogen-bond acceptors (Lipinski definition) is 4. The summed E-state index contributed by atoms with van der Waals surface area (Å²) < 4.78 is 10.9. The van der Waals surface area contributed by atoms with Gasteiger partial charge in [-0.05, 0) is 24.1 Å². The van der Waals surface area contributed by atoms with Crippen molar-refractivity contribution in [2.24, 2.45) is 0 Å². The fourth-order valence-electron chi connectivity index (χ4n) is 4.25. The van der Waals surface area contributed by atoms with Gasteiger partial charge < -0.3 is 9.47 Å². The van der Waals surface area contributed by atoms with Crippen LogP contribution in [0.5, 0.6) is 5.75 Å². The topological polar surface area (TPSA) is 57.0 Å². The number of ether oxygens (including phenoxy) is 2. The largest absolute Gasteiger partial charge is 0.494 e. The Balaban J connectivity index is 1.94. The lowest BCUT2D eigenvalue weighted by Crippen LogP contribution is -2.27. The van der Waals surface area contributed by atoms with E-state index < -0.39 is 17.8 Å². The highest BCUT2D eigenvalue weighted by Gasteiger charge is 2.30. The van der Waals surface area contributed by atoms with Gasteiger partial charge in [0, 0.05) is 13.3 Å². The summed E-state index contributed by atoms with van der Waals surface area (Å²) in [6.07, 6.45) is 22.3. The van der Waals surface area contributed by atoms with Gasteiger partial charge in [0.1, 0.15) is 5.75 Å². The number of carbonyl (C=O) groups is 2. The fraction of sp³-hybridized carbons (Fsp3) is 0.710. The van der Waals surface area contributed by atoms with Crippen LogP contribution >= 0.6 is 0 Å². The predicted octanol–water partition coefficient (Wildman–Crippen LogP) is 8.29. The molecule has 1 rings (SSSR count). The summed E-state index contributed by atoms with van der Waals surface area (Å²) in [5.41, 5.74) is 1.01. The molecule has 0 N–H and O–H groups in total. The first-order valence-electron chi connectivity index (χ1n) is 14.3. The van der Waals surface area contributed by atoms with E-state index in [4.69, 9.17) is 16.0 Å². The lowest BCUT2D eigenvalue weighted by molar-refractivity contribution is -0.146. The van der Waals surface area contributed by atoms with E-state index >= 15 is 0 Å². The zero-order chi connectivity index (χ0) is 26.3. The van der Waals surface area contributed by atoms with Gasteiger partial charge in [-0.3, -0.25) is 9.64 Å². The standard InChI is InChI=1S/C31H49NO4/c1-4-5-6-7-8-9-10-11-12-13-14-15-16-17-18-19-25-35-29-22-20-28(21-23-29)24-26-36-31(34)30(32-3)27(2)33/h20-23,30H,4-19,24-26H2,1-2H3. The third-order valence-electron chi connectivity index (χ3n) is 6.56. The molecule has 1 aromatic carbocycles. The predicted molar refractivity (Wildman–Crippen MR) is 147 cm³/mol. The average molecular weight is 500 g/mol. The van der Waals surface area contributed by atoms with Crippen LogP contribution in [0.2, 0.25) is 0 Å². The third-order valence-corrected chi connectivity index (χ3v) is 6.56. The molecule has 1 unspecified atom stereocenters. The highest BCUT2D eigenvalue weighted by Crippen LogP contribution is 2.15. The number of nitrogens with zero attached hydrogens (tertiary/aromatic N) is 1. The first-order valence-corrected chi connectivity index (χ1v) is 14.3. The molecule has 1 atom stereocenters. The molecule has 5 heteroatoms. The van der Waals surface area contributed by atoms with Crippen LogP contribution in [-0.2, 0) is 20.7 Å². The van der Waals surface area contributed by atoms with E-state index in [1.807, 2.05) is 24.3 Å². The maximum atomic E-state index is 11.7. The molecule has 1 aromatic rings. The van der Waals surface area contributed by atoms with Crippen LogP contribution < -0.4 is 4.74 Å². The number of unbranched alkanes of at least 4 members (excludes halogenated alkanes) is 15. The fourth-order valence-corrected chi connectivity index (χ4v) is 4.25. The van der Waals surface area contributed by atoms with Crippen LogP contribution in [0, 0.1) is 6.57 Å². The molecular weight excluding hydrogens is 450 g/mol. The number of benzene rings is 1. The molecule has 0 aliphatic rings. The molecule has 0 spiro atoms. The van der Waals surface area contributed by atoms with Gasteiger partial charge in [0.15, 0.2) is 0 Å². The summed E-state index contributed by atoms with van der Waals surface area (Å²) in [4.78, 5) is 26.0. The lowest BCUT2D eigenvalue weighted by atomic mass is 10.0. The van der Waals surface area contributed by atoms with Crippen molar-refractivity contribution in [3.05, 3.63) is 41.2 Å². The average Bonchev–Trinajstić information content (AvgIpc) is 2.87. The second-order valence-electron chi connectivity index (χ2n) is 9.86. The zero-order valence-electron chi connectivity index (χ0n) is 22.9. The van der Waals surface area contributed by atoms with Gasteiger partial charge in [0.05, 0.1) is 13.2 Å². The monoisotopic (exact) mass is 499 g/mol. The highest BCUT2D eigenvalue weighted by molar-refractivity contribution is 6.03. The molecule has 0 saturated heterocycles. The molecule has 0 saturated carbocycles. The van der Waals surface area contributed by atoms with E-state index in [1.165, 1.54) is 103 Å². The second kappa shape index (κ2) is 21.9. The van der Waals surface area contributed by atoms with Crippen molar-refractivity contribution >= 4 is 11.8 Å². The number of carbonyl (C=O) groups excluding carboxylic acids is 2. The molecule has 0 bridgehead atoms. The van der Waals surface area contributed by atoms with Gasteiger partial charge in [-0.25, -0.2) is 11.4 Å². The molecule has 0 aliphatic heterocycles. The van der Waals surface area contributed by atoms with E-state index in [9.17, 15) is 9.59 Å². The van der Waals surface area contributed by atoms with Crippen LogP contribution in [-0.4, -0.2) is 31.0 Å². The van der Waals surface area contributed by atoms with Gasteiger partial charge in [-0.1, -0.05) is 115 Å². The van der Waals surface area contributed by atoms with E-state index in [0.717, 1.165) is 24.3 Å². The van der Waals surface area contributed by atoms with Gasteiger partial charge in [-0.2, -0.15) is 0 Å². The van der Waals surface area contributed by atoms with Crippen molar-refractivity contribution < 1.29 is 19.1 Å². The van der Waals surface area contributed by atoms with E-state index in [2.05, 4.69) is 11.8 Å². The Hall–Kier alpha value is -2.35. The molecular formula is C31H49NO4. The molecule has 0 heterocycles. The first-order chi connectivity index (χ1) is 17.6. The minimum absolute atomic E-state index is 0.150. The number of rotatable bonds is 23.